The second-order valence-electron chi connectivity index (χ2n) is 36.5. The number of aliphatic hydroxyl groups is 9. The summed E-state index contributed by atoms with van der Waals surface area (Å²) < 4.78 is 5.72. The van der Waals surface area contributed by atoms with Gasteiger partial charge in [-0.2, -0.15) is 0 Å². The highest BCUT2D eigenvalue weighted by Gasteiger charge is 2.68. The average molecular weight is 1690 g/mol. The molecule has 10 aliphatic rings. The monoisotopic (exact) mass is 1690 g/mol. The van der Waals surface area contributed by atoms with Gasteiger partial charge < -0.3 is 114 Å². The smallest absolute Gasteiger partial charge is 0.255 e. The van der Waals surface area contributed by atoms with Crippen LogP contribution in [0, 0.1) is 54.8 Å². The van der Waals surface area contributed by atoms with Gasteiger partial charge in [0.25, 0.3) is 17.7 Å². The van der Waals surface area contributed by atoms with E-state index in [1.54, 1.807) is 48.4 Å². The van der Waals surface area contributed by atoms with Crippen LogP contribution >= 0.6 is 0 Å². The lowest BCUT2D eigenvalue weighted by Gasteiger charge is -2.50. The summed E-state index contributed by atoms with van der Waals surface area (Å²) in [5.74, 6) is -18.1. The molecule has 14 rings (SSSR count). The molecule has 4 fully saturated rings. The van der Waals surface area contributed by atoms with Crippen molar-refractivity contribution < 1.29 is 109 Å². The summed E-state index contributed by atoms with van der Waals surface area (Å²) in [5.41, 5.74) is 11.4. The lowest BCUT2D eigenvalue weighted by molar-refractivity contribution is -0.155. The van der Waals surface area contributed by atoms with E-state index in [9.17, 15) is 104 Å². The molecule has 0 spiro atoms. The molecule has 1 saturated heterocycles. The number of likely N-dealkylation sites (tertiary alicyclic amines) is 1. The number of carbonyl (C=O) groups excluding carboxylic acids is 9. The van der Waals surface area contributed by atoms with E-state index in [0.717, 1.165) is 54.4 Å². The van der Waals surface area contributed by atoms with Gasteiger partial charge in [0, 0.05) is 123 Å². The fraction of sp³-hybridized carbons (Fsp3) is 0.511. The van der Waals surface area contributed by atoms with Crippen molar-refractivity contribution >= 4 is 81.1 Å². The number of aromatic hydroxyl groups is 3. The maximum atomic E-state index is 14.1. The summed E-state index contributed by atoms with van der Waals surface area (Å²) in [6, 6.07) is 6.17. The predicted molar refractivity (Wildman–Crippen MR) is 449 cm³/mol. The van der Waals surface area contributed by atoms with Gasteiger partial charge in [-0.25, -0.2) is 0 Å². The Morgan fingerprint density at radius 3 is 1.20 bits per heavy atom. The maximum absolute atomic E-state index is 14.1. The number of fused-ring (bicyclic) bond motifs is 9. The highest BCUT2D eigenvalue weighted by atomic mass is 16.4. The first-order valence-corrected chi connectivity index (χ1v) is 40.7. The maximum Gasteiger partial charge on any atom is 0.255 e. The zero-order chi connectivity index (χ0) is 90.1. The van der Waals surface area contributed by atoms with Gasteiger partial charge >= 0.3 is 0 Å². The van der Waals surface area contributed by atoms with Crippen LogP contribution in [-0.4, -0.2) is 271 Å². The van der Waals surface area contributed by atoms with Crippen LogP contribution in [0.4, 0.5) is 11.4 Å². The van der Waals surface area contributed by atoms with Gasteiger partial charge in [0.05, 0.1) is 41.4 Å². The molecular weight excluding hydrogens is 1580 g/mol. The predicted octanol–water partition coefficient (Wildman–Crippen LogP) is 2.84. The lowest BCUT2D eigenvalue weighted by atomic mass is 9.57. The number of carbonyl (C=O) groups is 9. The molecule has 34 nitrogen and oxygen atoms in total. The summed E-state index contributed by atoms with van der Waals surface area (Å²) in [5, 5.41) is 147. The molecule has 658 valence electrons. The molecule has 3 amide bonds. The number of nitrogens with two attached hydrogens (primary N) is 3. The number of primary amides is 3. The van der Waals surface area contributed by atoms with E-state index < -0.39 is 174 Å². The molecule has 12 atom stereocenters. The van der Waals surface area contributed by atoms with Gasteiger partial charge in [-0.05, 0) is 191 Å². The third-order valence-corrected chi connectivity index (χ3v) is 26.3. The first-order valence-electron chi connectivity index (χ1n) is 40.7. The molecule has 4 aromatic rings. The van der Waals surface area contributed by atoms with E-state index in [1.165, 1.54) is 14.7 Å². The highest BCUT2D eigenvalue weighted by Crippen LogP contribution is 2.58. The number of nitrogens with zero attached hydrogens (tertiary/aromatic N) is 6. The first-order chi connectivity index (χ1) is 56.9. The second kappa shape index (κ2) is 33.1. The molecule has 3 aromatic carbocycles. The Morgan fingerprint density at radius 1 is 0.500 bits per heavy atom. The first kappa shape index (κ1) is 90.4. The van der Waals surface area contributed by atoms with Crippen molar-refractivity contribution in [3.8, 4) is 17.2 Å². The number of hydrogen-bond acceptors (Lipinski definition) is 31. The Labute approximate surface area is 706 Å². The Balaban J connectivity index is 0.000000168. The quantitative estimate of drug-likeness (QED) is 0.0637. The van der Waals surface area contributed by atoms with Crippen LogP contribution in [0.2, 0.25) is 0 Å². The third kappa shape index (κ3) is 15.0. The zero-order valence-corrected chi connectivity index (χ0v) is 71.6. The van der Waals surface area contributed by atoms with Gasteiger partial charge in [0.2, 0.25) is 17.3 Å². The fourth-order valence-electron chi connectivity index (χ4n) is 20.3. The normalized spacial score (nSPS) is 27.1. The van der Waals surface area contributed by atoms with Gasteiger partial charge in [-0.1, -0.05) is 32.9 Å². The van der Waals surface area contributed by atoms with Crippen molar-refractivity contribution in [2.24, 2.45) is 58.1 Å². The van der Waals surface area contributed by atoms with Crippen molar-refractivity contribution in [1.82, 2.24) is 35.6 Å². The van der Waals surface area contributed by atoms with Crippen LogP contribution in [0.25, 0.3) is 17.3 Å². The van der Waals surface area contributed by atoms with Gasteiger partial charge in [0.1, 0.15) is 80.0 Å². The van der Waals surface area contributed by atoms with Gasteiger partial charge in [-0.15, -0.1) is 0 Å². The molecule has 1 aromatic heterocycles. The molecular formula is C88H114N12O22. The van der Waals surface area contributed by atoms with E-state index in [1.807, 2.05) is 76.1 Å². The highest BCUT2D eigenvalue weighted by molar-refractivity contribution is 6.27. The number of nitrogens with one attached hydrogen (secondary N) is 3. The van der Waals surface area contributed by atoms with Crippen LogP contribution in [0.3, 0.4) is 0 Å². The fourth-order valence-corrected chi connectivity index (χ4v) is 20.3. The zero-order valence-electron chi connectivity index (χ0n) is 71.6. The minimum atomic E-state index is -2.68. The number of hydrogen-bond donors (Lipinski definition) is 18. The lowest BCUT2D eigenvalue weighted by Crippen LogP contribution is -2.65. The second-order valence-corrected chi connectivity index (χ2v) is 36.5. The van der Waals surface area contributed by atoms with E-state index in [4.69, 9.17) is 21.6 Å². The largest absolute Gasteiger partial charge is 0.508 e. The van der Waals surface area contributed by atoms with Crippen LogP contribution in [-0.2, 0) is 88.6 Å². The minimum absolute atomic E-state index is 0.00285. The number of likely N-dealkylation sites (N-methyl/N-ethyl adjacent to an activating group) is 3. The number of ketones is 6. The van der Waals surface area contributed by atoms with Crippen LogP contribution in [0.15, 0.2) is 85.5 Å². The Hall–Kier alpha value is -10.8. The van der Waals surface area contributed by atoms with Crippen molar-refractivity contribution in [3.05, 3.63) is 148 Å². The molecule has 0 radical (unpaired) electrons. The SMILES string of the molecule is CN(C)c1cc(CNCC(C)(C)C)c(O)c2c1C[C@H]1C[C@H]3[C@@H](N(C)C)C(=O)C(C(N)=O)=C(O)[C@@]3(O)C(=O)C1=C2O.CN1CCC(NCc2ccc3c(c2O)C(O)=C2C(=O)[C@]4(O)C(O)=C(C(N)=O)C(=O)[C@@H](N(C)C)[C@@H]4C[C@@H]2C3)CC1.Cc1cc(CNCc2cc(N(C)C)c3c(c2O)C(O)=C2C(=O)[C@]4(O)C(O)=C(C(N)=O)C(=O)[C@@H](N(C)C)C4CC2C3)oc1C. The summed E-state index contributed by atoms with van der Waals surface area (Å²) in [4.78, 5) is 129. The summed E-state index contributed by atoms with van der Waals surface area (Å²) in [6.07, 6.45) is 2.86. The van der Waals surface area contributed by atoms with Crippen molar-refractivity contribution in [3.63, 3.8) is 0 Å². The molecule has 34 heteroatoms. The Bertz CT molecular complexity index is 5280. The third-order valence-electron chi connectivity index (χ3n) is 26.3. The van der Waals surface area contributed by atoms with E-state index >= 15 is 0 Å². The number of rotatable bonds is 18. The number of Topliss-reactive ketones (excluding diaryl/α,β-unsaturated/α-hetero) is 6. The van der Waals surface area contributed by atoms with Crippen molar-refractivity contribution in [2.75, 3.05) is 107 Å². The van der Waals surface area contributed by atoms with Gasteiger partial charge in [0.15, 0.2) is 34.2 Å². The number of aryl methyl sites for hydroxylation is 2. The number of amides is 3. The van der Waals surface area contributed by atoms with Crippen molar-refractivity contribution in [2.45, 2.75) is 153 Å². The van der Waals surface area contributed by atoms with E-state index in [-0.39, 0.29) is 101 Å². The molecule has 0 bridgehead atoms. The summed E-state index contributed by atoms with van der Waals surface area (Å²) in [6.45, 7) is 14.0. The van der Waals surface area contributed by atoms with Crippen LogP contribution in [0.5, 0.6) is 17.2 Å². The standard InChI is InChI=1S/C31H38N4O8.C29H40N4O7.C28H36N4O7/c1-13-7-17(43-14(13)2)12-33-11-16-10-20(34(3)4)18-8-15-9-19-24(35(5)6)27(38)23(30(32)41)29(40)31(19,42)28(39)21(15)26(37)22(18)25(16)36;1-28(2,3)12-31-11-14-10-17(32(4)5)15-8-13-9-16-21(33(6)7)24(36)20(27(30)39)26(38)29(16,40)25(37)18(13)23(35)19(15)22(14)34;1-31(2)21-17-11-15-10-13-4-5-14(12-30-16-6-8-32(3)9-7-16)22(33)18(13)23(34)19(15)25(36)28(17,39)26(37)20(24(21)35)27(29)38/h7,10,15,19,24,33,36-37,40,42H,8-9,11-12H2,1-6H3,(H2,32,41);10,13,16,21,31,34-35,38,40H,8-9,11-12H2,1-7H3,(H2,30,39);4-5,15-17,21,30,33-34,37,39H,6-12H2,1-3H3,(H2,29,38)/t15?,19?,24-,31-;13-,16-,21+,29-;15-,17-,21-,28-/m000/s1. The average Bonchev–Trinajstić information content (AvgIpc) is 0.706. The van der Waals surface area contributed by atoms with E-state index in [2.05, 4.69) is 48.7 Å². The number of phenols is 3. The van der Waals surface area contributed by atoms with E-state index in [0.29, 0.717) is 65.6 Å². The number of phenolic OH excluding ortho intramolecular Hbond substituents is 3. The molecule has 21 N–H and O–H groups in total. The summed E-state index contributed by atoms with van der Waals surface area (Å²) in [7, 11) is 18.9. The number of piperidine rings is 1. The molecule has 2 heterocycles. The molecule has 3 saturated carbocycles. The molecule has 122 heavy (non-hydrogen) atoms. The summed E-state index contributed by atoms with van der Waals surface area (Å²) >= 11 is 0. The van der Waals surface area contributed by atoms with Crippen molar-refractivity contribution in [1.29, 1.82) is 0 Å². The number of aliphatic hydroxyl groups excluding tert-OH is 6. The van der Waals surface area contributed by atoms with Crippen LogP contribution < -0.4 is 43.0 Å². The Morgan fingerprint density at radius 2 is 0.861 bits per heavy atom. The Kier molecular flexibility index (Phi) is 24.6. The van der Waals surface area contributed by atoms with Crippen LogP contribution in [0.1, 0.15) is 120 Å². The minimum Gasteiger partial charge on any atom is -0.508 e. The number of anilines is 2. The molecule has 1 aliphatic heterocycles. The number of furan rings is 1. The topological polar surface area (TPSA) is 543 Å². The number of benzene rings is 3. The molecule has 2 unspecified atom stereocenters. The van der Waals surface area contributed by atoms with Gasteiger partial charge in [-0.3, -0.25) is 57.9 Å². The molecule has 9 aliphatic carbocycles.